The van der Waals surface area contributed by atoms with Gasteiger partial charge in [-0.05, 0) is 47.5 Å². The summed E-state index contributed by atoms with van der Waals surface area (Å²) in [5.41, 5.74) is 4.54. The zero-order valence-electron chi connectivity index (χ0n) is 17.7. The average Bonchev–Trinajstić information content (AvgIpc) is 3.00. The molecule has 2 aromatic carbocycles. The Morgan fingerprint density at radius 2 is 1.81 bits per heavy atom. The molecule has 2 amide bonds. The molecule has 0 aromatic heterocycles. The van der Waals surface area contributed by atoms with Crippen LogP contribution in [0.25, 0.3) is 6.08 Å². The summed E-state index contributed by atoms with van der Waals surface area (Å²) in [7, 11) is 0. The number of aliphatic carboxylic acids is 1. The average molecular weight is 471 g/mol. The molecule has 0 radical (unpaired) electrons. The number of carboxylic acid groups (broad SMARTS) is 1. The fourth-order valence-electron chi connectivity index (χ4n) is 2.86. The number of carboxylic acids is 1. The second-order valence-corrected chi connectivity index (χ2v) is 9.68. The molecule has 2 aromatic rings. The molecule has 0 spiro atoms. The normalized spacial score (nSPS) is 15.2. The monoisotopic (exact) mass is 470 g/mol. The predicted octanol–water partition coefficient (Wildman–Crippen LogP) is 3.99. The van der Waals surface area contributed by atoms with E-state index in [-0.39, 0.29) is 14.6 Å². The Morgan fingerprint density at radius 3 is 2.44 bits per heavy atom. The molecule has 9 heteroatoms. The van der Waals surface area contributed by atoms with Crippen molar-refractivity contribution >= 4 is 52.2 Å². The lowest BCUT2D eigenvalue weighted by Gasteiger charge is -2.19. The first kappa shape index (κ1) is 23.5. The van der Waals surface area contributed by atoms with E-state index in [1.165, 1.54) is 0 Å². The highest BCUT2D eigenvalue weighted by molar-refractivity contribution is 8.26. The molecule has 2 N–H and O–H groups in total. The predicted molar refractivity (Wildman–Crippen MR) is 127 cm³/mol. The molecule has 0 atom stereocenters. The minimum Gasteiger partial charge on any atom is -0.481 e. The smallest absolute Gasteiger partial charge is 0.341 e. The Morgan fingerprint density at radius 1 is 1.16 bits per heavy atom. The van der Waals surface area contributed by atoms with Gasteiger partial charge in [-0.2, -0.15) is 5.01 Å². The maximum absolute atomic E-state index is 12.8. The molecule has 0 aliphatic carbocycles. The first-order valence-electron chi connectivity index (χ1n) is 9.69. The van der Waals surface area contributed by atoms with Crippen LogP contribution >= 0.6 is 24.0 Å². The van der Waals surface area contributed by atoms with Crippen LogP contribution in [0.4, 0.5) is 0 Å². The van der Waals surface area contributed by atoms with E-state index in [1.807, 2.05) is 12.1 Å². The number of carbonyl (C=O) groups is 3. The number of hydrogen-bond donors (Lipinski definition) is 2. The van der Waals surface area contributed by atoms with E-state index in [0.29, 0.717) is 16.9 Å². The van der Waals surface area contributed by atoms with Crippen molar-refractivity contribution in [1.82, 2.24) is 10.4 Å². The van der Waals surface area contributed by atoms with Gasteiger partial charge in [0.25, 0.3) is 11.8 Å². The molecule has 3 rings (SSSR count). The van der Waals surface area contributed by atoms with Gasteiger partial charge in [0.15, 0.2) is 10.9 Å². The van der Waals surface area contributed by atoms with Crippen molar-refractivity contribution in [3.63, 3.8) is 0 Å². The number of carbonyl (C=O) groups excluding carboxylic acids is 2. The summed E-state index contributed by atoms with van der Waals surface area (Å²) in [6.45, 7) is 5.74. The van der Waals surface area contributed by atoms with Crippen molar-refractivity contribution in [2.45, 2.75) is 26.2 Å². The number of thiocarbonyl (C=S) groups is 1. The first-order valence-corrected chi connectivity index (χ1v) is 10.9. The van der Waals surface area contributed by atoms with E-state index in [2.05, 4.69) is 26.2 Å². The number of hydrazine groups is 1. The van der Waals surface area contributed by atoms with Gasteiger partial charge in [0, 0.05) is 11.1 Å². The maximum atomic E-state index is 12.8. The van der Waals surface area contributed by atoms with Gasteiger partial charge >= 0.3 is 5.97 Å². The van der Waals surface area contributed by atoms with E-state index < -0.39 is 24.4 Å². The summed E-state index contributed by atoms with van der Waals surface area (Å²) < 4.78 is 5.46. The van der Waals surface area contributed by atoms with Crippen LogP contribution in [0, 0.1) is 0 Å². The first-order chi connectivity index (χ1) is 15.1. The second kappa shape index (κ2) is 9.54. The number of amides is 2. The van der Waals surface area contributed by atoms with Crippen molar-refractivity contribution in [1.29, 1.82) is 0 Å². The number of rotatable bonds is 6. The van der Waals surface area contributed by atoms with Gasteiger partial charge in [0.2, 0.25) is 0 Å². The molecule has 1 fully saturated rings. The van der Waals surface area contributed by atoms with Crippen LogP contribution in [0.2, 0.25) is 0 Å². The number of ether oxygens (including phenoxy) is 1. The van der Waals surface area contributed by atoms with Crippen LogP contribution in [0.15, 0.2) is 53.4 Å². The van der Waals surface area contributed by atoms with Crippen molar-refractivity contribution < 1.29 is 24.2 Å². The highest BCUT2D eigenvalue weighted by Crippen LogP contribution is 2.33. The quantitative estimate of drug-likeness (QED) is 0.487. The number of nitrogens with one attached hydrogen (secondary N) is 1. The summed E-state index contributed by atoms with van der Waals surface area (Å²) in [6, 6.07) is 13.9. The largest absolute Gasteiger partial charge is 0.481 e. The fraction of sp³-hybridized carbons (Fsp3) is 0.217. The van der Waals surface area contributed by atoms with Crippen LogP contribution in [0.1, 0.15) is 42.3 Å². The zero-order valence-corrected chi connectivity index (χ0v) is 19.4. The lowest BCUT2D eigenvalue weighted by Crippen LogP contribution is -2.44. The Kier molecular flexibility index (Phi) is 7.00. The molecule has 0 unspecified atom stereocenters. The minimum atomic E-state index is -1.11. The Bertz CT molecular complexity index is 1100. The minimum absolute atomic E-state index is 0.0394. The van der Waals surface area contributed by atoms with Crippen LogP contribution in [-0.2, 0) is 15.0 Å². The third-order valence-electron chi connectivity index (χ3n) is 4.58. The van der Waals surface area contributed by atoms with Crippen molar-refractivity contribution in [2.24, 2.45) is 0 Å². The van der Waals surface area contributed by atoms with Crippen molar-refractivity contribution in [3.8, 4) is 5.75 Å². The van der Waals surface area contributed by atoms with E-state index in [4.69, 9.17) is 22.1 Å². The molecule has 7 nitrogen and oxygen atoms in total. The third kappa shape index (κ3) is 5.54. The summed E-state index contributed by atoms with van der Waals surface area (Å²) in [5.74, 6) is -1.71. The number of para-hydroxylation sites is 1. The number of nitrogens with zero attached hydrogens (tertiary/aromatic N) is 1. The SMILES string of the molecule is CC(C)(C)c1ccc(C(=O)NN2C(=O)/C(=C\c3ccccc3OCC(=O)O)SC2=S)cc1. The summed E-state index contributed by atoms with van der Waals surface area (Å²) in [6.07, 6.45) is 1.56. The van der Waals surface area contributed by atoms with Crippen LogP contribution in [0.5, 0.6) is 5.75 Å². The van der Waals surface area contributed by atoms with Gasteiger partial charge in [-0.1, -0.05) is 62.9 Å². The highest BCUT2D eigenvalue weighted by Gasteiger charge is 2.34. The molecule has 166 valence electrons. The summed E-state index contributed by atoms with van der Waals surface area (Å²) >= 11 is 6.31. The Hall–Kier alpha value is -3.17. The van der Waals surface area contributed by atoms with Crippen LogP contribution < -0.4 is 10.2 Å². The Labute approximate surface area is 195 Å². The van der Waals surface area contributed by atoms with Gasteiger partial charge in [0.1, 0.15) is 5.75 Å². The Balaban J connectivity index is 1.75. The number of benzene rings is 2. The van der Waals surface area contributed by atoms with Gasteiger partial charge in [-0.3, -0.25) is 15.0 Å². The molecule has 1 saturated heterocycles. The molecule has 1 aliphatic heterocycles. The lowest BCUT2D eigenvalue weighted by atomic mass is 9.87. The van der Waals surface area contributed by atoms with Gasteiger partial charge in [-0.15, -0.1) is 0 Å². The van der Waals surface area contributed by atoms with Crippen LogP contribution in [-0.4, -0.2) is 38.8 Å². The van der Waals surface area contributed by atoms with Crippen molar-refractivity contribution in [3.05, 3.63) is 70.1 Å². The molecular formula is C23H22N2O5S2. The van der Waals surface area contributed by atoms with Crippen molar-refractivity contribution in [2.75, 3.05) is 6.61 Å². The highest BCUT2D eigenvalue weighted by atomic mass is 32.2. The van der Waals surface area contributed by atoms with E-state index in [9.17, 15) is 14.4 Å². The number of thioether (sulfide) groups is 1. The molecule has 0 saturated carbocycles. The van der Waals surface area contributed by atoms with Gasteiger partial charge < -0.3 is 9.84 Å². The van der Waals surface area contributed by atoms with Gasteiger partial charge in [0.05, 0.1) is 4.91 Å². The topological polar surface area (TPSA) is 95.9 Å². The van der Waals surface area contributed by atoms with E-state index in [0.717, 1.165) is 22.3 Å². The molecule has 1 heterocycles. The molecular weight excluding hydrogens is 448 g/mol. The molecule has 32 heavy (non-hydrogen) atoms. The summed E-state index contributed by atoms with van der Waals surface area (Å²) in [5, 5.41) is 9.87. The van der Waals surface area contributed by atoms with E-state index in [1.54, 1.807) is 42.5 Å². The maximum Gasteiger partial charge on any atom is 0.341 e. The van der Waals surface area contributed by atoms with E-state index >= 15 is 0 Å². The second-order valence-electron chi connectivity index (χ2n) is 8.01. The lowest BCUT2D eigenvalue weighted by molar-refractivity contribution is -0.139. The third-order valence-corrected chi connectivity index (χ3v) is 5.88. The van der Waals surface area contributed by atoms with Gasteiger partial charge in [-0.25, -0.2) is 4.79 Å². The zero-order chi connectivity index (χ0) is 23.5. The molecule has 1 aliphatic rings. The number of hydrogen-bond acceptors (Lipinski definition) is 6. The summed E-state index contributed by atoms with van der Waals surface area (Å²) in [4.78, 5) is 36.6. The van der Waals surface area contributed by atoms with Crippen LogP contribution in [0.3, 0.4) is 0 Å². The molecule has 0 bridgehead atoms. The fourth-order valence-corrected chi connectivity index (χ4v) is 4.03. The standard InChI is InChI=1S/C23H22N2O5S2/c1-23(2,3)16-10-8-14(9-11-16)20(28)24-25-21(29)18(32-22(25)31)12-15-6-4-5-7-17(15)30-13-19(26)27/h4-12H,13H2,1-3H3,(H,24,28)(H,26,27)/b18-12+.